The van der Waals surface area contributed by atoms with E-state index in [0.29, 0.717) is 0 Å². The summed E-state index contributed by atoms with van der Waals surface area (Å²) in [5.41, 5.74) is 0.00900. The molecule has 2 fully saturated rings. The summed E-state index contributed by atoms with van der Waals surface area (Å²) in [6.45, 7) is -1.08. The fraction of sp³-hybridized carbons (Fsp3) is 0.880. The summed E-state index contributed by atoms with van der Waals surface area (Å²) in [4.78, 5) is 10.9. The van der Waals surface area contributed by atoms with Crippen LogP contribution in [0.3, 0.4) is 0 Å². The molecular formula is C25H43NO18. The average molecular weight is 646 g/mol. The number of carbonyl (C=O) groups excluding carboxylic acids is 1. The van der Waals surface area contributed by atoms with E-state index >= 15 is 0 Å². The molecule has 0 amide bonds. The highest BCUT2D eigenvalue weighted by Gasteiger charge is 2.52. The van der Waals surface area contributed by atoms with Crippen molar-refractivity contribution >= 4 is 6.29 Å². The van der Waals surface area contributed by atoms with Gasteiger partial charge in [0.25, 0.3) is 0 Å². The Labute approximate surface area is 250 Å². The van der Waals surface area contributed by atoms with Crippen molar-refractivity contribution in [1.82, 2.24) is 5.32 Å². The zero-order valence-corrected chi connectivity index (χ0v) is 23.5. The number of aliphatic hydroxyl groups is 13. The quantitative estimate of drug-likeness (QED) is 0.0653. The molecule has 256 valence electrons. The molecule has 19 nitrogen and oxygen atoms in total. The lowest BCUT2D eigenvalue weighted by Crippen LogP contribution is -2.68. The Morgan fingerprint density at radius 3 is 2.09 bits per heavy atom. The molecule has 0 spiro atoms. The fourth-order valence-electron chi connectivity index (χ4n) is 5.36. The number of hydrogen-bond acceptors (Lipinski definition) is 19. The van der Waals surface area contributed by atoms with Gasteiger partial charge in [-0.15, -0.1) is 0 Å². The van der Waals surface area contributed by atoms with Gasteiger partial charge in [-0.1, -0.05) is 6.08 Å². The highest BCUT2D eigenvalue weighted by atomic mass is 16.7. The van der Waals surface area contributed by atoms with E-state index in [2.05, 4.69) is 5.32 Å². The van der Waals surface area contributed by atoms with Gasteiger partial charge in [0, 0.05) is 0 Å². The number of ether oxygens (including phenoxy) is 4. The minimum Gasteiger partial charge on any atom is -0.394 e. The van der Waals surface area contributed by atoms with Crippen LogP contribution in [0.15, 0.2) is 11.6 Å². The predicted molar refractivity (Wildman–Crippen MR) is 139 cm³/mol. The lowest BCUT2D eigenvalue weighted by atomic mass is 9.86. The van der Waals surface area contributed by atoms with Crippen molar-refractivity contribution in [1.29, 1.82) is 0 Å². The molecule has 15 unspecified atom stereocenters. The zero-order chi connectivity index (χ0) is 33.0. The van der Waals surface area contributed by atoms with Crippen LogP contribution < -0.4 is 5.32 Å². The third kappa shape index (κ3) is 7.79. The zero-order valence-electron chi connectivity index (χ0n) is 23.5. The van der Waals surface area contributed by atoms with Crippen LogP contribution in [0, 0.1) is 0 Å². The van der Waals surface area contributed by atoms with Gasteiger partial charge in [-0.25, -0.2) is 0 Å². The van der Waals surface area contributed by atoms with Crippen LogP contribution in [0.2, 0.25) is 0 Å². The first kappa shape index (κ1) is 37.2. The van der Waals surface area contributed by atoms with Gasteiger partial charge in [-0.2, -0.15) is 0 Å². The third-order valence-corrected chi connectivity index (χ3v) is 8.03. The van der Waals surface area contributed by atoms with Crippen molar-refractivity contribution in [3.63, 3.8) is 0 Å². The van der Waals surface area contributed by atoms with E-state index in [1.807, 2.05) is 0 Å². The maximum atomic E-state index is 10.9. The van der Waals surface area contributed by atoms with E-state index in [0.717, 1.165) is 0 Å². The highest BCUT2D eigenvalue weighted by Crippen LogP contribution is 2.31. The topological polar surface area (TPSA) is 329 Å². The van der Waals surface area contributed by atoms with E-state index in [4.69, 9.17) is 18.9 Å². The first-order valence-electron chi connectivity index (χ1n) is 13.9. The predicted octanol–water partition coefficient (Wildman–Crippen LogP) is -8.72. The van der Waals surface area contributed by atoms with Gasteiger partial charge >= 0.3 is 0 Å². The first-order chi connectivity index (χ1) is 20.7. The van der Waals surface area contributed by atoms with Gasteiger partial charge in [0.15, 0.2) is 18.9 Å². The molecule has 2 saturated heterocycles. The Bertz CT molecular complexity index is 943. The molecule has 0 aromatic heterocycles. The smallest absolute Gasteiger partial charge is 0.187 e. The number of carbonyl (C=O) groups is 1. The second kappa shape index (κ2) is 16.0. The van der Waals surface area contributed by atoms with Crippen LogP contribution in [-0.4, -0.2) is 203 Å². The summed E-state index contributed by atoms with van der Waals surface area (Å²) in [6.07, 6.45) is -26.8. The monoisotopic (exact) mass is 645 g/mol. The molecule has 0 radical (unpaired) electrons. The molecule has 0 saturated carbocycles. The summed E-state index contributed by atoms with van der Waals surface area (Å²) >= 11 is 0. The van der Waals surface area contributed by atoms with Gasteiger partial charge in [0.2, 0.25) is 0 Å². The summed E-state index contributed by atoms with van der Waals surface area (Å²) in [5.74, 6) is 0. The van der Waals surface area contributed by atoms with Gasteiger partial charge in [-0.3, -0.25) is 0 Å². The van der Waals surface area contributed by atoms with Gasteiger partial charge in [0.05, 0.1) is 38.0 Å². The van der Waals surface area contributed by atoms with Crippen LogP contribution >= 0.6 is 0 Å². The molecule has 1 aliphatic carbocycles. The highest BCUT2D eigenvalue weighted by molar-refractivity contribution is 5.56. The van der Waals surface area contributed by atoms with Crippen molar-refractivity contribution in [3.8, 4) is 0 Å². The Morgan fingerprint density at radius 2 is 1.52 bits per heavy atom. The minimum atomic E-state index is -2.10. The van der Waals surface area contributed by atoms with E-state index in [9.17, 15) is 71.2 Å². The maximum absolute atomic E-state index is 10.9. The molecule has 14 N–H and O–H groups in total. The van der Waals surface area contributed by atoms with E-state index in [1.54, 1.807) is 0 Å². The number of rotatable bonds is 13. The number of hydrogen-bond donors (Lipinski definition) is 14. The number of nitrogens with one attached hydrogen (secondary N) is 1. The first-order valence-corrected chi connectivity index (χ1v) is 13.9. The van der Waals surface area contributed by atoms with Crippen molar-refractivity contribution in [2.45, 2.75) is 117 Å². The van der Waals surface area contributed by atoms with E-state index in [1.165, 1.54) is 13.0 Å². The van der Waals surface area contributed by atoms with E-state index < -0.39 is 130 Å². The fourth-order valence-corrected chi connectivity index (χ4v) is 5.36. The van der Waals surface area contributed by atoms with Crippen molar-refractivity contribution < 1.29 is 90.1 Å². The van der Waals surface area contributed by atoms with Gasteiger partial charge in [0.1, 0.15) is 79.4 Å². The third-order valence-electron chi connectivity index (χ3n) is 8.03. The molecule has 0 bridgehead atoms. The minimum absolute atomic E-state index is 0.00900. The molecule has 44 heavy (non-hydrogen) atoms. The lowest BCUT2D eigenvalue weighted by molar-refractivity contribution is -0.361. The molecular weight excluding hydrogens is 602 g/mol. The standard InChI is InChI=1S/C25H43NO18/c1-7-13(26-9-2-8(3-27)14(33)18(37)15(9)34)17(36)20(39)24(41-7)44-23-12(6-30)42-25(21(40)19(23)38)43-22(11(32)5-29)16(35)10(31)4-28/h2,4,7,9-27,29-40H,3,5-6H2,1H3/t7?,9-,10?,11?,12?,13?,14?,15?,16?,17?,18?,19?,20?,21?,22+,23+,24?,25?/m0/s1. The van der Waals surface area contributed by atoms with Crippen LogP contribution in [0.1, 0.15) is 6.92 Å². The maximum Gasteiger partial charge on any atom is 0.187 e. The van der Waals surface area contributed by atoms with Crippen LogP contribution in [0.4, 0.5) is 0 Å². The summed E-state index contributed by atoms with van der Waals surface area (Å²) in [5, 5.41) is 135. The largest absolute Gasteiger partial charge is 0.394 e. The SMILES string of the molecule is CC1OC(O[C@@H]2C(CO)OC(O[C@H](C(O)CO)C(O)C(O)C=O)C(O)C2O)C(O)C(O)C1N[C@H]1C=C(CO)C(O)C(O)C1O. The number of aliphatic hydroxyl groups excluding tert-OH is 13. The molecule has 0 aromatic rings. The second-order valence-corrected chi connectivity index (χ2v) is 11.0. The van der Waals surface area contributed by atoms with Crippen molar-refractivity contribution in [3.05, 3.63) is 11.6 Å². The number of aldehydes is 1. The Balaban J connectivity index is 1.71. The Kier molecular flexibility index (Phi) is 13.5. The summed E-state index contributed by atoms with van der Waals surface area (Å²) in [6, 6.07) is -2.21. The van der Waals surface area contributed by atoms with Crippen molar-refractivity contribution in [2.24, 2.45) is 0 Å². The molecule has 3 aliphatic rings. The second-order valence-electron chi connectivity index (χ2n) is 11.0. The molecule has 3 rings (SSSR count). The molecule has 18 atom stereocenters. The molecule has 0 aromatic carbocycles. The molecule has 19 heteroatoms. The van der Waals surface area contributed by atoms with Crippen LogP contribution in [0.25, 0.3) is 0 Å². The van der Waals surface area contributed by atoms with Gasteiger partial charge < -0.3 is 95.4 Å². The van der Waals surface area contributed by atoms with Crippen LogP contribution in [0.5, 0.6) is 0 Å². The molecule has 2 heterocycles. The summed E-state index contributed by atoms with van der Waals surface area (Å²) in [7, 11) is 0. The average Bonchev–Trinajstić information content (AvgIpc) is 3.02. The normalized spacial score (nSPS) is 44.4. The molecule has 2 aliphatic heterocycles. The lowest BCUT2D eigenvalue weighted by Gasteiger charge is -2.48. The Hall–Kier alpha value is -1.31. The van der Waals surface area contributed by atoms with Gasteiger partial charge in [-0.05, 0) is 12.5 Å². The summed E-state index contributed by atoms with van der Waals surface area (Å²) < 4.78 is 22.0. The van der Waals surface area contributed by atoms with Crippen LogP contribution in [-0.2, 0) is 23.7 Å². The van der Waals surface area contributed by atoms with Crippen molar-refractivity contribution in [2.75, 3.05) is 19.8 Å². The Morgan fingerprint density at radius 1 is 0.886 bits per heavy atom. The van der Waals surface area contributed by atoms with E-state index in [-0.39, 0.29) is 11.9 Å².